The first kappa shape index (κ1) is 21.3. The lowest BCUT2D eigenvalue weighted by Gasteiger charge is -2.10. The van der Waals surface area contributed by atoms with Gasteiger partial charge in [-0.25, -0.2) is 4.98 Å². The van der Waals surface area contributed by atoms with E-state index in [2.05, 4.69) is 20.7 Å². The van der Waals surface area contributed by atoms with Gasteiger partial charge in [-0.3, -0.25) is 14.3 Å². The largest absolute Gasteiger partial charge is 0.384 e. The molecule has 1 aliphatic rings. The van der Waals surface area contributed by atoms with Crippen LogP contribution in [0.25, 0.3) is 17.3 Å². The molecule has 3 aromatic rings. The molecule has 2 heterocycles. The average Bonchev–Trinajstić information content (AvgIpc) is 3.47. The van der Waals surface area contributed by atoms with Crippen LogP contribution >= 0.6 is 0 Å². The summed E-state index contributed by atoms with van der Waals surface area (Å²) in [6.45, 7) is 3.99. The Kier molecular flexibility index (Phi) is 6.02. The SMILES string of the molecule is CC(C)n1nc(-c2ccc(NC(=O)C=Cc3ccc(N)nc3)cc2)cc1C(=O)NC1CC1. The molecule has 0 radical (unpaired) electrons. The first-order valence-corrected chi connectivity index (χ1v) is 10.6. The zero-order valence-electron chi connectivity index (χ0n) is 18.1. The fourth-order valence-corrected chi connectivity index (χ4v) is 3.18. The van der Waals surface area contributed by atoms with Gasteiger partial charge in [0.15, 0.2) is 0 Å². The molecule has 2 aromatic heterocycles. The Hall–Kier alpha value is -3.94. The van der Waals surface area contributed by atoms with E-state index in [0.717, 1.165) is 24.0 Å². The van der Waals surface area contributed by atoms with E-state index in [0.29, 0.717) is 22.9 Å². The second-order valence-electron chi connectivity index (χ2n) is 8.12. The summed E-state index contributed by atoms with van der Waals surface area (Å²) in [6, 6.07) is 13.0. The molecule has 8 heteroatoms. The highest BCUT2D eigenvalue weighted by Crippen LogP contribution is 2.25. The molecule has 4 rings (SSSR count). The number of aromatic nitrogens is 3. The maximum Gasteiger partial charge on any atom is 0.269 e. The van der Waals surface area contributed by atoms with Crippen molar-refractivity contribution in [3.8, 4) is 11.3 Å². The Morgan fingerprint density at radius 1 is 1.16 bits per heavy atom. The Balaban J connectivity index is 1.44. The van der Waals surface area contributed by atoms with Crippen molar-refractivity contribution < 1.29 is 9.59 Å². The molecule has 0 aliphatic heterocycles. The number of nitrogens with zero attached hydrogens (tertiary/aromatic N) is 3. The van der Waals surface area contributed by atoms with Crippen LogP contribution in [0.3, 0.4) is 0 Å². The first-order valence-electron chi connectivity index (χ1n) is 10.6. The minimum atomic E-state index is -0.252. The minimum absolute atomic E-state index is 0.0605. The fourth-order valence-electron chi connectivity index (χ4n) is 3.18. The molecule has 8 nitrogen and oxygen atoms in total. The number of pyridine rings is 1. The number of benzene rings is 1. The molecule has 2 amide bonds. The van der Waals surface area contributed by atoms with E-state index < -0.39 is 0 Å². The zero-order valence-corrected chi connectivity index (χ0v) is 18.1. The van der Waals surface area contributed by atoms with Gasteiger partial charge < -0.3 is 16.4 Å². The quantitative estimate of drug-likeness (QED) is 0.495. The van der Waals surface area contributed by atoms with Crippen molar-refractivity contribution in [3.63, 3.8) is 0 Å². The van der Waals surface area contributed by atoms with Gasteiger partial charge in [0, 0.05) is 35.6 Å². The van der Waals surface area contributed by atoms with Gasteiger partial charge in [0.05, 0.1) is 5.69 Å². The lowest BCUT2D eigenvalue weighted by atomic mass is 10.1. The molecule has 1 aliphatic carbocycles. The number of carbonyl (C=O) groups excluding carboxylic acids is 2. The lowest BCUT2D eigenvalue weighted by Crippen LogP contribution is -2.28. The number of nitrogens with one attached hydrogen (secondary N) is 2. The monoisotopic (exact) mass is 430 g/mol. The number of carbonyl (C=O) groups is 2. The molecule has 164 valence electrons. The maximum atomic E-state index is 12.6. The summed E-state index contributed by atoms with van der Waals surface area (Å²) in [5.41, 5.74) is 9.14. The molecule has 0 bridgehead atoms. The third-order valence-electron chi connectivity index (χ3n) is 5.05. The number of hydrogen-bond donors (Lipinski definition) is 3. The van der Waals surface area contributed by atoms with Crippen molar-refractivity contribution in [3.05, 3.63) is 66.0 Å². The predicted molar refractivity (Wildman–Crippen MR) is 125 cm³/mol. The van der Waals surface area contributed by atoms with E-state index >= 15 is 0 Å². The summed E-state index contributed by atoms with van der Waals surface area (Å²) in [5.74, 6) is 0.0881. The van der Waals surface area contributed by atoms with Crippen LogP contribution in [0.1, 0.15) is 48.8 Å². The van der Waals surface area contributed by atoms with Crippen LogP contribution in [0.5, 0.6) is 0 Å². The van der Waals surface area contributed by atoms with Gasteiger partial charge >= 0.3 is 0 Å². The van der Waals surface area contributed by atoms with E-state index in [4.69, 9.17) is 5.73 Å². The fraction of sp³-hybridized carbons (Fsp3) is 0.250. The number of anilines is 2. The molecule has 0 spiro atoms. The summed E-state index contributed by atoms with van der Waals surface area (Å²) < 4.78 is 1.75. The summed E-state index contributed by atoms with van der Waals surface area (Å²) in [7, 11) is 0. The molecule has 4 N–H and O–H groups in total. The zero-order chi connectivity index (χ0) is 22.7. The van der Waals surface area contributed by atoms with Gasteiger partial charge in [0.25, 0.3) is 5.91 Å². The predicted octanol–water partition coefficient (Wildman–Crippen LogP) is 3.65. The second-order valence-corrected chi connectivity index (χ2v) is 8.12. The molecular weight excluding hydrogens is 404 g/mol. The van der Waals surface area contributed by atoms with Crippen LogP contribution in [-0.2, 0) is 4.79 Å². The molecule has 0 unspecified atom stereocenters. The van der Waals surface area contributed by atoms with Crippen molar-refractivity contribution in [2.24, 2.45) is 0 Å². The van der Waals surface area contributed by atoms with Crippen LogP contribution in [0.4, 0.5) is 11.5 Å². The van der Waals surface area contributed by atoms with Gasteiger partial charge in [-0.15, -0.1) is 0 Å². The third kappa shape index (κ3) is 5.21. The molecular formula is C24H26N6O2. The molecule has 0 atom stereocenters. The molecule has 1 fully saturated rings. The first-order chi connectivity index (χ1) is 15.4. The second kappa shape index (κ2) is 9.05. The Morgan fingerprint density at radius 2 is 1.91 bits per heavy atom. The summed E-state index contributed by atoms with van der Waals surface area (Å²) in [5, 5.41) is 10.5. The van der Waals surface area contributed by atoms with Gasteiger partial charge in [-0.2, -0.15) is 5.10 Å². The summed E-state index contributed by atoms with van der Waals surface area (Å²) in [4.78, 5) is 28.8. The van der Waals surface area contributed by atoms with Gasteiger partial charge in [0.2, 0.25) is 5.91 Å². The van der Waals surface area contributed by atoms with Gasteiger partial charge in [-0.05, 0) is 68.7 Å². The number of hydrogen-bond acceptors (Lipinski definition) is 5. The lowest BCUT2D eigenvalue weighted by molar-refractivity contribution is -0.111. The van der Waals surface area contributed by atoms with Crippen LogP contribution in [0, 0.1) is 0 Å². The smallest absolute Gasteiger partial charge is 0.269 e. The van der Waals surface area contributed by atoms with Crippen LogP contribution < -0.4 is 16.4 Å². The number of rotatable bonds is 7. The van der Waals surface area contributed by atoms with Crippen LogP contribution in [0.2, 0.25) is 0 Å². The van der Waals surface area contributed by atoms with Crippen LogP contribution in [0.15, 0.2) is 54.7 Å². The molecule has 1 aromatic carbocycles. The highest BCUT2D eigenvalue weighted by atomic mass is 16.2. The molecule has 0 saturated heterocycles. The Bertz CT molecular complexity index is 1140. The van der Waals surface area contributed by atoms with E-state index in [1.54, 1.807) is 29.1 Å². The number of nitrogens with two attached hydrogens (primary N) is 1. The maximum absolute atomic E-state index is 12.6. The molecule has 1 saturated carbocycles. The number of amides is 2. The molecule has 32 heavy (non-hydrogen) atoms. The normalized spacial score (nSPS) is 13.5. The third-order valence-corrected chi connectivity index (χ3v) is 5.05. The van der Waals surface area contributed by atoms with Crippen LogP contribution in [-0.4, -0.2) is 32.6 Å². The highest BCUT2D eigenvalue weighted by molar-refractivity contribution is 6.02. The standard InChI is InChI=1S/C24H26N6O2/c1-15(2)30-21(24(32)28-19-9-10-19)13-20(29-30)17-5-7-18(8-6-17)27-23(31)12-4-16-3-11-22(25)26-14-16/h3-8,11-15,19H,9-10H2,1-2H3,(H2,25,26)(H,27,31)(H,28,32). The van der Waals surface area contributed by atoms with E-state index in [1.165, 1.54) is 6.08 Å². The summed E-state index contributed by atoms with van der Waals surface area (Å²) >= 11 is 0. The number of nitrogen functional groups attached to an aromatic ring is 1. The van der Waals surface area contributed by atoms with Gasteiger partial charge in [0.1, 0.15) is 11.5 Å². The van der Waals surface area contributed by atoms with Gasteiger partial charge in [-0.1, -0.05) is 12.1 Å². The van der Waals surface area contributed by atoms with Crippen molar-refractivity contribution >= 4 is 29.4 Å². The van der Waals surface area contributed by atoms with E-state index in [9.17, 15) is 9.59 Å². The van der Waals surface area contributed by atoms with Crippen molar-refractivity contribution in [2.45, 2.75) is 38.8 Å². The summed E-state index contributed by atoms with van der Waals surface area (Å²) in [6.07, 6.45) is 6.78. The Labute approximate surface area is 186 Å². The van der Waals surface area contributed by atoms with E-state index in [-0.39, 0.29) is 23.9 Å². The average molecular weight is 431 g/mol. The van der Waals surface area contributed by atoms with Crippen molar-refractivity contribution in [1.82, 2.24) is 20.1 Å². The highest BCUT2D eigenvalue weighted by Gasteiger charge is 2.26. The minimum Gasteiger partial charge on any atom is -0.384 e. The Morgan fingerprint density at radius 3 is 2.53 bits per heavy atom. The van der Waals surface area contributed by atoms with Crippen molar-refractivity contribution in [2.75, 3.05) is 11.1 Å². The van der Waals surface area contributed by atoms with E-state index in [1.807, 2.05) is 44.2 Å². The van der Waals surface area contributed by atoms with Crippen molar-refractivity contribution in [1.29, 1.82) is 0 Å². The topological polar surface area (TPSA) is 115 Å².